The highest BCUT2D eigenvalue weighted by Crippen LogP contribution is 2.33. The van der Waals surface area contributed by atoms with Crippen molar-refractivity contribution in [3.63, 3.8) is 0 Å². The standard InChI is InChI=1S/C21H24F3N5O2S/c1-28(20-16(23)9-15(22)10-17(20)24)32-29-8-3-2-6-18(29)21(31)27-13-19(30)26-12-14-5-4-7-25-11-14/h4-5,7,9-11,18H,2-3,6,8,12-13H2,1H3,(H,26,30)(H,27,31). The van der Waals surface area contributed by atoms with Crippen molar-refractivity contribution in [3.05, 3.63) is 59.7 Å². The van der Waals surface area contributed by atoms with Crippen molar-refractivity contribution in [3.8, 4) is 0 Å². The molecule has 1 fully saturated rings. The number of aromatic nitrogens is 1. The maximum Gasteiger partial charge on any atom is 0.239 e. The number of nitrogens with one attached hydrogen (secondary N) is 2. The molecule has 1 atom stereocenters. The zero-order valence-corrected chi connectivity index (χ0v) is 18.3. The van der Waals surface area contributed by atoms with Crippen molar-refractivity contribution in [2.75, 3.05) is 24.4 Å². The highest BCUT2D eigenvalue weighted by Gasteiger charge is 2.31. The molecule has 3 rings (SSSR count). The molecule has 2 aromatic rings. The van der Waals surface area contributed by atoms with Crippen LogP contribution in [0.25, 0.3) is 0 Å². The molecule has 2 amide bonds. The Bertz CT molecular complexity index is 927. The van der Waals surface area contributed by atoms with E-state index < -0.39 is 29.2 Å². The third kappa shape index (κ3) is 6.36. The van der Waals surface area contributed by atoms with Crippen LogP contribution in [0.5, 0.6) is 0 Å². The van der Waals surface area contributed by atoms with Gasteiger partial charge >= 0.3 is 0 Å². The normalized spacial score (nSPS) is 16.4. The van der Waals surface area contributed by atoms with E-state index in [0.717, 1.165) is 30.5 Å². The summed E-state index contributed by atoms with van der Waals surface area (Å²) in [6, 6.07) is 4.24. The van der Waals surface area contributed by atoms with Crippen LogP contribution in [0, 0.1) is 17.5 Å². The fourth-order valence-electron chi connectivity index (χ4n) is 3.35. The molecule has 172 valence electrons. The minimum Gasteiger partial charge on any atom is -0.350 e. The Morgan fingerprint density at radius 3 is 2.66 bits per heavy atom. The number of piperidine rings is 1. The fourth-order valence-corrected chi connectivity index (χ4v) is 4.45. The molecule has 1 aliphatic heterocycles. The van der Waals surface area contributed by atoms with Crippen LogP contribution in [0.1, 0.15) is 24.8 Å². The van der Waals surface area contributed by atoms with E-state index in [0.29, 0.717) is 31.6 Å². The monoisotopic (exact) mass is 467 g/mol. The summed E-state index contributed by atoms with van der Waals surface area (Å²) in [5, 5.41) is 5.33. The van der Waals surface area contributed by atoms with E-state index in [1.807, 2.05) is 6.07 Å². The summed E-state index contributed by atoms with van der Waals surface area (Å²) in [4.78, 5) is 28.7. The SMILES string of the molecule is CN(SN1CCCCC1C(=O)NCC(=O)NCc1cccnc1)c1c(F)cc(F)cc1F. The highest BCUT2D eigenvalue weighted by molar-refractivity contribution is 7.98. The number of hydrogen-bond acceptors (Lipinski definition) is 6. The van der Waals surface area contributed by atoms with Crippen molar-refractivity contribution >= 4 is 29.6 Å². The zero-order chi connectivity index (χ0) is 23.1. The van der Waals surface area contributed by atoms with Crippen molar-refractivity contribution < 1.29 is 22.8 Å². The molecule has 1 saturated heterocycles. The van der Waals surface area contributed by atoms with E-state index in [2.05, 4.69) is 15.6 Å². The van der Waals surface area contributed by atoms with E-state index in [9.17, 15) is 22.8 Å². The van der Waals surface area contributed by atoms with Crippen LogP contribution >= 0.6 is 12.1 Å². The first kappa shape index (κ1) is 23.9. The maximum absolute atomic E-state index is 14.1. The van der Waals surface area contributed by atoms with Gasteiger partial charge in [0.2, 0.25) is 11.8 Å². The first-order chi connectivity index (χ1) is 15.3. The predicted molar refractivity (Wildman–Crippen MR) is 116 cm³/mol. The molecule has 0 bridgehead atoms. The van der Waals surface area contributed by atoms with Crippen LogP contribution in [0.2, 0.25) is 0 Å². The molecular weight excluding hydrogens is 443 g/mol. The van der Waals surface area contributed by atoms with Crippen LogP contribution in [0.3, 0.4) is 0 Å². The number of benzene rings is 1. The average Bonchev–Trinajstić information content (AvgIpc) is 2.76. The molecule has 0 spiro atoms. The van der Waals surface area contributed by atoms with Gasteiger partial charge in [-0.05, 0) is 24.5 Å². The minimum absolute atomic E-state index is 0.189. The topological polar surface area (TPSA) is 77.6 Å². The molecule has 0 saturated carbocycles. The third-order valence-electron chi connectivity index (χ3n) is 4.92. The number of carbonyl (C=O) groups excluding carboxylic acids is 2. The number of anilines is 1. The Labute approximate surface area is 188 Å². The van der Waals surface area contributed by atoms with Gasteiger partial charge < -0.3 is 14.9 Å². The fraction of sp³-hybridized carbons (Fsp3) is 0.381. The number of nitrogens with zero attached hydrogens (tertiary/aromatic N) is 3. The van der Waals surface area contributed by atoms with Crippen molar-refractivity contribution in [2.45, 2.75) is 31.8 Å². The van der Waals surface area contributed by atoms with Crippen molar-refractivity contribution in [1.82, 2.24) is 19.9 Å². The Hall–Kier alpha value is -2.79. The third-order valence-corrected chi connectivity index (χ3v) is 5.99. The van der Waals surface area contributed by atoms with Crippen LogP contribution in [-0.2, 0) is 16.1 Å². The minimum atomic E-state index is -1.03. The van der Waals surface area contributed by atoms with E-state index in [1.54, 1.807) is 22.8 Å². The lowest BCUT2D eigenvalue weighted by atomic mass is 10.0. The predicted octanol–water partition coefficient (Wildman–Crippen LogP) is 2.79. The number of amides is 2. The first-order valence-electron chi connectivity index (χ1n) is 10.1. The Kier molecular flexibility index (Phi) is 8.34. The summed E-state index contributed by atoms with van der Waals surface area (Å²) < 4.78 is 44.3. The molecule has 1 unspecified atom stereocenters. The maximum atomic E-state index is 14.1. The van der Waals surface area contributed by atoms with E-state index in [1.165, 1.54) is 11.4 Å². The van der Waals surface area contributed by atoms with E-state index in [4.69, 9.17) is 0 Å². The van der Waals surface area contributed by atoms with Gasteiger partial charge in [0.15, 0.2) is 11.6 Å². The van der Waals surface area contributed by atoms with Crippen LogP contribution in [0.4, 0.5) is 18.9 Å². The Morgan fingerprint density at radius 2 is 1.97 bits per heavy atom. The van der Waals surface area contributed by atoms with Gasteiger partial charge in [-0.25, -0.2) is 17.5 Å². The largest absolute Gasteiger partial charge is 0.350 e. The number of carbonyl (C=O) groups is 2. The smallest absolute Gasteiger partial charge is 0.239 e. The van der Waals surface area contributed by atoms with Gasteiger partial charge in [0.1, 0.15) is 17.5 Å². The van der Waals surface area contributed by atoms with Gasteiger partial charge in [0.25, 0.3) is 0 Å². The molecule has 11 heteroatoms. The molecule has 0 radical (unpaired) electrons. The highest BCUT2D eigenvalue weighted by atomic mass is 32.2. The first-order valence-corrected chi connectivity index (χ1v) is 10.8. The summed E-state index contributed by atoms with van der Waals surface area (Å²) >= 11 is 0.982. The van der Waals surface area contributed by atoms with Gasteiger partial charge in [-0.3, -0.25) is 14.6 Å². The zero-order valence-electron chi connectivity index (χ0n) is 17.5. The van der Waals surface area contributed by atoms with E-state index >= 15 is 0 Å². The Morgan fingerprint density at radius 1 is 1.22 bits per heavy atom. The lowest BCUT2D eigenvalue weighted by molar-refractivity contribution is -0.128. The second kappa shape index (κ2) is 11.2. The van der Waals surface area contributed by atoms with Gasteiger partial charge in [0, 0.05) is 56.8 Å². The molecule has 32 heavy (non-hydrogen) atoms. The van der Waals surface area contributed by atoms with Crippen LogP contribution in [0.15, 0.2) is 36.7 Å². The van der Waals surface area contributed by atoms with Crippen molar-refractivity contribution in [2.24, 2.45) is 0 Å². The molecular formula is C21H24F3N5O2S. The molecule has 1 aliphatic rings. The summed E-state index contributed by atoms with van der Waals surface area (Å²) in [6.45, 7) is 0.628. The lowest BCUT2D eigenvalue weighted by Crippen LogP contribution is -2.49. The van der Waals surface area contributed by atoms with Gasteiger partial charge in [-0.2, -0.15) is 0 Å². The summed E-state index contributed by atoms with van der Waals surface area (Å²) in [7, 11) is 1.44. The molecule has 7 nitrogen and oxygen atoms in total. The summed E-state index contributed by atoms with van der Waals surface area (Å²) in [6.07, 6.45) is 5.43. The molecule has 2 N–H and O–H groups in total. The summed E-state index contributed by atoms with van der Waals surface area (Å²) in [5.41, 5.74) is 0.446. The number of pyridine rings is 1. The van der Waals surface area contributed by atoms with Crippen molar-refractivity contribution in [1.29, 1.82) is 0 Å². The summed E-state index contributed by atoms with van der Waals surface area (Å²) in [5.74, 6) is -3.74. The van der Waals surface area contributed by atoms with E-state index in [-0.39, 0.29) is 18.4 Å². The quantitative estimate of drug-likeness (QED) is 0.582. The van der Waals surface area contributed by atoms with Gasteiger partial charge in [-0.1, -0.05) is 12.5 Å². The second-order valence-corrected chi connectivity index (χ2v) is 8.49. The number of hydrogen-bond donors (Lipinski definition) is 2. The number of rotatable bonds is 8. The Balaban J connectivity index is 1.55. The molecule has 0 aliphatic carbocycles. The molecule has 1 aromatic heterocycles. The average molecular weight is 468 g/mol. The lowest BCUT2D eigenvalue weighted by Gasteiger charge is -2.36. The van der Waals surface area contributed by atoms with Gasteiger partial charge in [-0.15, -0.1) is 0 Å². The second-order valence-electron chi connectivity index (χ2n) is 7.31. The molecule has 1 aromatic carbocycles. The number of halogens is 3. The van der Waals surface area contributed by atoms with Crippen LogP contribution < -0.4 is 14.9 Å². The van der Waals surface area contributed by atoms with Gasteiger partial charge in [0.05, 0.1) is 6.54 Å². The van der Waals surface area contributed by atoms with Crippen LogP contribution in [-0.4, -0.2) is 47.3 Å². The molecule has 2 heterocycles.